The average Bonchev–Trinajstić information content (AvgIpc) is 2.49. The van der Waals surface area contributed by atoms with Gasteiger partial charge in [0, 0.05) is 5.92 Å². The Morgan fingerprint density at radius 2 is 1.93 bits per heavy atom. The van der Waals surface area contributed by atoms with E-state index < -0.39 is 11.1 Å². The van der Waals surface area contributed by atoms with Crippen LogP contribution in [0.1, 0.15) is 28.4 Å². The van der Waals surface area contributed by atoms with Gasteiger partial charge in [-0.3, -0.25) is 4.79 Å². The van der Waals surface area contributed by atoms with Gasteiger partial charge in [0.2, 0.25) is 0 Å². The lowest BCUT2D eigenvalue weighted by Crippen LogP contribution is -2.05. The van der Waals surface area contributed by atoms with Gasteiger partial charge in [-0.25, -0.2) is 0 Å². The maximum absolute atomic E-state index is 12.2. The third kappa shape index (κ3) is 2.35. The Kier molecular flexibility index (Phi) is 2.99. The highest BCUT2D eigenvalue weighted by molar-refractivity contribution is 7.14. The summed E-state index contributed by atoms with van der Waals surface area (Å²) in [6.07, 6.45) is -4.35. The molecule has 0 spiro atoms. The van der Waals surface area contributed by atoms with E-state index in [0.717, 1.165) is 6.07 Å². The lowest BCUT2D eigenvalue weighted by atomic mass is 10.1. The fourth-order valence-corrected chi connectivity index (χ4v) is 1.87. The number of carbonyl (C=O) groups is 1. The fourth-order valence-electron chi connectivity index (χ4n) is 0.907. The number of Topliss-reactive ketones (excluding diaryl/α,β-unsaturated/α-hetero) is 1. The van der Waals surface area contributed by atoms with Gasteiger partial charge in [-0.05, 0) is 12.1 Å². The summed E-state index contributed by atoms with van der Waals surface area (Å²) >= 11 is 0.502. The van der Waals surface area contributed by atoms with Gasteiger partial charge >= 0.3 is 6.18 Å². The van der Waals surface area contributed by atoms with Crippen LogP contribution in [-0.4, -0.2) is 5.78 Å². The van der Waals surface area contributed by atoms with Gasteiger partial charge in [0.1, 0.15) is 4.88 Å². The molecule has 0 amide bonds. The van der Waals surface area contributed by atoms with Crippen LogP contribution in [0.4, 0.5) is 13.2 Å². The fraction of sp³-hybridized carbons (Fsp3) is 0.444. The van der Waals surface area contributed by atoms with Crippen LogP contribution in [0.2, 0.25) is 0 Å². The summed E-state index contributed by atoms with van der Waals surface area (Å²) in [5.74, 6) is -0.514. The molecule has 14 heavy (non-hydrogen) atoms. The van der Waals surface area contributed by atoms with E-state index in [0.29, 0.717) is 11.3 Å². The molecule has 0 N–H and O–H groups in total. The van der Waals surface area contributed by atoms with E-state index in [4.69, 9.17) is 0 Å². The van der Waals surface area contributed by atoms with E-state index in [2.05, 4.69) is 0 Å². The van der Waals surface area contributed by atoms with E-state index in [1.54, 1.807) is 13.8 Å². The minimum absolute atomic E-state index is 0.173. The number of rotatable bonds is 2. The van der Waals surface area contributed by atoms with Crippen molar-refractivity contribution in [3.63, 3.8) is 0 Å². The molecule has 1 aromatic heterocycles. The number of alkyl halides is 3. The molecule has 0 fully saturated rings. The van der Waals surface area contributed by atoms with Crippen molar-refractivity contribution in [1.82, 2.24) is 0 Å². The molecule has 0 saturated heterocycles. The van der Waals surface area contributed by atoms with Crippen LogP contribution < -0.4 is 0 Å². The predicted octanol–water partition coefficient (Wildman–Crippen LogP) is 3.61. The molecule has 0 unspecified atom stereocenters. The second kappa shape index (κ2) is 3.73. The molecule has 0 bridgehead atoms. The predicted molar refractivity (Wildman–Crippen MR) is 48.5 cm³/mol. The highest BCUT2D eigenvalue weighted by atomic mass is 32.1. The van der Waals surface area contributed by atoms with Crippen molar-refractivity contribution in [2.75, 3.05) is 0 Å². The topological polar surface area (TPSA) is 17.1 Å². The molecule has 1 aromatic rings. The van der Waals surface area contributed by atoms with Crippen molar-refractivity contribution >= 4 is 17.1 Å². The summed E-state index contributed by atoms with van der Waals surface area (Å²) in [5.41, 5.74) is 0. The normalized spacial score (nSPS) is 12.1. The lowest BCUT2D eigenvalue weighted by Gasteiger charge is -2.01. The minimum atomic E-state index is -4.35. The van der Waals surface area contributed by atoms with E-state index in [1.807, 2.05) is 0 Å². The van der Waals surface area contributed by atoms with Crippen LogP contribution in [0.15, 0.2) is 12.1 Å². The first-order chi connectivity index (χ1) is 6.32. The van der Waals surface area contributed by atoms with Crippen LogP contribution in [0.5, 0.6) is 0 Å². The number of halogens is 3. The first-order valence-corrected chi connectivity index (χ1v) is 4.85. The first-order valence-electron chi connectivity index (χ1n) is 4.03. The quantitative estimate of drug-likeness (QED) is 0.698. The van der Waals surface area contributed by atoms with Gasteiger partial charge in [0.15, 0.2) is 5.78 Å². The highest BCUT2D eigenvalue weighted by Gasteiger charge is 2.33. The maximum atomic E-state index is 12.2. The number of ketones is 1. The molecule has 1 rings (SSSR count). The summed E-state index contributed by atoms with van der Waals surface area (Å²) < 4.78 is 36.5. The number of carbonyl (C=O) groups excluding carboxylic acids is 1. The molecule has 0 radical (unpaired) electrons. The SMILES string of the molecule is CC(C)C(=O)c1ccc(C(F)(F)F)s1. The Morgan fingerprint density at radius 1 is 1.36 bits per heavy atom. The number of hydrogen-bond acceptors (Lipinski definition) is 2. The zero-order valence-electron chi connectivity index (χ0n) is 7.68. The Hall–Kier alpha value is -0.840. The second-order valence-corrected chi connectivity index (χ2v) is 4.26. The van der Waals surface area contributed by atoms with Crippen molar-refractivity contribution in [2.45, 2.75) is 20.0 Å². The number of hydrogen-bond donors (Lipinski definition) is 0. The van der Waals surface area contributed by atoms with Crippen LogP contribution in [0.3, 0.4) is 0 Å². The van der Waals surface area contributed by atoms with Crippen LogP contribution in [0.25, 0.3) is 0 Å². The van der Waals surface area contributed by atoms with E-state index in [9.17, 15) is 18.0 Å². The highest BCUT2D eigenvalue weighted by Crippen LogP contribution is 2.35. The maximum Gasteiger partial charge on any atom is 0.425 e. The average molecular weight is 222 g/mol. The van der Waals surface area contributed by atoms with Gasteiger partial charge in [-0.15, -0.1) is 11.3 Å². The molecular formula is C9H9F3OS. The van der Waals surface area contributed by atoms with Crippen molar-refractivity contribution in [3.05, 3.63) is 21.9 Å². The monoisotopic (exact) mass is 222 g/mol. The molecule has 1 nitrogen and oxygen atoms in total. The molecule has 0 atom stereocenters. The van der Waals surface area contributed by atoms with Gasteiger partial charge in [-0.2, -0.15) is 13.2 Å². The molecule has 0 aliphatic rings. The molecule has 78 valence electrons. The lowest BCUT2D eigenvalue weighted by molar-refractivity contribution is -0.134. The van der Waals surface area contributed by atoms with E-state index in [1.165, 1.54) is 6.07 Å². The summed E-state index contributed by atoms with van der Waals surface area (Å²) in [6.45, 7) is 3.32. The Morgan fingerprint density at radius 3 is 2.29 bits per heavy atom. The van der Waals surface area contributed by atoms with Gasteiger partial charge in [0.25, 0.3) is 0 Å². The number of thiophene rings is 1. The summed E-state index contributed by atoms with van der Waals surface area (Å²) in [5, 5.41) is 0. The molecular weight excluding hydrogens is 213 g/mol. The molecule has 0 aliphatic carbocycles. The van der Waals surface area contributed by atoms with Crippen molar-refractivity contribution in [2.24, 2.45) is 5.92 Å². The van der Waals surface area contributed by atoms with Gasteiger partial charge in [0.05, 0.1) is 4.88 Å². The third-order valence-corrected chi connectivity index (χ3v) is 2.80. The van der Waals surface area contributed by atoms with Gasteiger partial charge in [-0.1, -0.05) is 13.8 Å². The van der Waals surface area contributed by atoms with Crippen molar-refractivity contribution in [1.29, 1.82) is 0 Å². The Bertz CT molecular complexity index is 338. The summed E-state index contributed by atoms with van der Waals surface area (Å²) in [6, 6.07) is 2.18. The summed E-state index contributed by atoms with van der Waals surface area (Å²) in [7, 11) is 0. The summed E-state index contributed by atoms with van der Waals surface area (Å²) in [4.78, 5) is 10.8. The molecule has 0 aromatic carbocycles. The smallest absolute Gasteiger partial charge is 0.293 e. The van der Waals surface area contributed by atoms with Crippen molar-refractivity contribution in [3.8, 4) is 0 Å². The second-order valence-electron chi connectivity index (χ2n) is 3.18. The van der Waals surface area contributed by atoms with E-state index >= 15 is 0 Å². The van der Waals surface area contributed by atoms with Crippen LogP contribution >= 0.6 is 11.3 Å². The third-order valence-electron chi connectivity index (χ3n) is 1.65. The molecule has 1 heterocycles. The Labute approximate surface area is 83.6 Å². The Balaban J connectivity index is 2.95. The largest absolute Gasteiger partial charge is 0.425 e. The van der Waals surface area contributed by atoms with Crippen LogP contribution in [-0.2, 0) is 6.18 Å². The molecule has 0 saturated carbocycles. The molecule has 0 aliphatic heterocycles. The zero-order valence-corrected chi connectivity index (χ0v) is 8.50. The first kappa shape index (κ1) is 11.2. The van der Waals surface area contributed by atoms with Crippen molar-refractivity contribution < 1.29 is 18.0 Å². The minimum Gasteiger partial charge on any atom is -0.293 e. The molecule has 5 heteroatoms. The van der Waals surface area contributed by atoms with Gasteiger partial charge < -0.3 is 0 Å². The van der Waals surface area contributed by atoms with Crippen LogP contribution in [0, 0.1) is 5.92 Å². The standard InChI is InChI=1S/C9H9F3OS/c1-5(2)8(13)6-3-4-7(14-6)9(10,11)12/h3-5H,1-2H3. The zero-order chi connectivity index (χ0) is 10.9. The van der Waals surface area contributed by atoms with E-state index in [-0.39, 0.29) is 16.6 Å².